The maximum atomic E-state index is 9.10. The van der Waals surface area contributed by atoms with Crippen molar-refractivity contribution in [2.75, 3.05) is 30.4 Å². The third kappa shape index (κ3) is 2.25. The maximum absolute atomic E-state index is 9.10. The molecule has 88 valence electrons. The van der Waals surface area contributed by atoms with Gasteiger partial charge in [0.05, 0.1) is 31.2 Å². The second kappa shape index (κ2) is 4.67. The van der Waals surface area contributed by atoms with Crippen LogP contribution >= 0.6 is 0 Å². The number of aliphatic hydroxyl groups is 1. The number of nitrogen functional groups attached to an aromatic ring is 1. The Morgan fingerprint density at radius 2 is 2.44 bits per heavy atom. The van der Waals surface area contributed by atoms with Crippen molar-refractivity contribution in [2.45, 2.75) is 19.1 Å². The third-order valence-corrected chi connectivity index (χ3v) is 2.81. The van der Waals surface area contributed by atoms with Gasteiger partial charge in [-0.1, -0.05) is 0 Å². The van der Waals surface area contributed by atoms with Crippen LogP contribution in [-0.2, 0) is 4.74 Å². The lowest BCUT2D eigenvalue weighted by Crippen LogP contribution is -2.49. The summed E-state index contributed by atoms with van der Waals surface area (Å²) < 4.78 is 5.48. The maximum Gasteiger partial charge on any atom is 0.123 e. The van der Waals surface area contributed by atoms with Crippen LogP contribution in [0.5, 0.6) is 0 Å². The van der Waals surface area contributed by atoms with E-state index in [2.05, 4.69) is 16.8 Å². The minimum absolute atomic E-state index is 0.0472. The van der Waals surface area contributed by atoms with Gasteiger partial charge in [-0.05, 0) is 19.1 Å². The fourth-order valence-electron chi connectivity index (χ4n) is 1.86. The zero-order valence-electron chi connectivity index (χ0n) is 9.34. The van der Waals surface area contributed by atoms with E-state index in [-0.39, 0.29) is 18.8 Å². The molecular weight excluding hydrogens is 206 g/mol. The number of hydrogen-bond acceptors (Lipinski definition) is 5. The van der Waals surface area contributed by atoms with Gasteiger partial charge in [0, 0.05) is 12.6 Å². The van der Waals surface area contributed by atoms with Crippen LogP contribution in [0, 0.1) is 0 Å². The summed E-state index contributed by atoms with van der Waals surface area (Å²) in [6.07, 6.45) is 1.64. The van der Waals surface area contributed by atoms with E-state index in [1.54, 1.807) is 12.3 Å². The average molecular weight is 223 g/mol. The van der Waals surface area contributed by atoms with E-state index < -0.39 is 0 Å². The SMILES string of the molecule is CC1COC(CO)CN1c1ccc(N)nc1. The Labute approximate surface area is 94.8 Å². The fourth-order valence-corrected chi connectivity index (χ4v) is 1.86. The van der Waals surface area contributed by atoms with E-state index in [1.165, 1.54) is 0 Å². The summed E-state index contributed by atoms with van der Waals surface area (Å²) in [6, 6.07) is 4.01. The van der Waals surface area contributed by atoms with Crippen molar-refractivity contribution in [3.63, 3.8) is 0 Å². The lowest BCUT2D eigenvalue weighted by atomic mass is 10.2. The highest BCUT2D eigenvalue weighted by molar-refractivity contribution is 5.49. The Bertz CT molecular complexity index is 342. The molecule has 2 atom stereocenters. The fraction of sp³-hybridized carbons (Fsp3) is 0.545. The monoisotopic (exact) mass is 223 g/mol. The highest BCUT2D eigenvalue weighted by atomic mass is 16.5. The second-order valence-corrected chi connectivity index (χ2v) is 4.08. The summed E-state index contributed by atoms with van der Waals surface area (Å²) in [4.78, 5) is 6.25. The molecule has 0 bridgehead atoms. The Morgan fingerprint density at radius 1 is 1.62 bits per heavy atom. The van der Waals surface area contributed by atoms with Gasteiger partial charge in [-0.25, -0.2) is 4.98 Å². The molecule has 0 spiro atoms. The lowest BCUT2D eigenvalue weighted by molar-refractivity contribution is -0.0103. The highest BCUT2D eigenvalue weighted by Gasteiger charge is 2.25. The van der Waals surface area contributed by atoms with Gasteiger partial charge in [0.25, 0.3) is 0 Å². The van der Waals surface area contributed by atoms with E-state index in [1.807, 2.05) is 6.07 Å². The summed E-state index contributed by atoms with van der Waals surface area (Å²) in [5.41, 5.74) is 6.57. The zero-order chi connectivity index (χ0) is 11.5. The minimum atomic E-state index is -0.117. The normalized spacial score (nSPS) is 25.8. The van der Waals surface area contributed by atoms with Crippen LogP contribution in [0.25, 0.3) is 0 Å². The molecular formula is C11H17N3O2. The predicted octanol–water partition coefficient (Wildman–Crippen LogP) is 0.250. The number of nitrogens with zero attached hydrogens (tertiary/aromatic N) is 2. The van der Waals surface area contributed by atoms with Crippen LogP contribution in [0.1, 0.15) is 6.92 Å². The molecule has 1 fully saturated rings. The molecule has 0 aliphatic carbocycles. The van der Waals surface area contributed by atoms with Crippen LogP contribution < -0.4 is 10.6 Å². The lowest BCUT2D eigenvalue weighted by Gasteiger charge is -2.38. The summed E-state index contributed by atoms with van der Waals surface area (Å²) in [6.45, 7) is 3.44. The molecule has 1 aliphatic rings. The molecule has 5 heteroatoms. The largest absolute Gasteiger partial charge is 0.394 e. The van der Waals surface area contributed by atoms with Crippen LogP contribution in [0.2, 0.25) is 0 Å². The molecule has 1 aliphatic heterocycles. The van der Waals surface area contributed by atoms with E-state index in [4.69, 9.17) is 15.6 Å². The van der Waals surface area contributed by atoms with Gasteiger partial charge in [-0.2, -0.15) is 0 Å². The number of rotatable bonds is 2. The first-order valence-electron chi connectivity index (χ1n) is 5.41. The first-order chi connectivity index (χ1) is 7.70. The van der Waals surface area contributed by atoms with Crippen molar-refractivity contribution in [3.8, 4) is 0 Å². The minimum Gasteiger partial charge on any atom is -0.394 e. The van der Waals surface area contributed by atoms with Crippen molar-refractivity contribution in [1.82, 2.24) is 4.98 Å². The average Bonchev–Trinajstić information content (AvgIpc) is 2.31. The molecule has 2 heterocycles. The van der Waals surface area contributed by atoms with Gasteiger partial charge >= 0.3 is 0 Å². The second-order valence-electron chi connectivity index (χ2n) is 4.08. The van der Waals surface area contributed by atoms with Gasteiger partial charge in [0.15, 0.2) is 0 Å². The summed E-state index contributed by atoms with van der Waals surface area (Å²) in [5.74, 6) is 0.517. The number of anilines is 2. The summed E-state index contributed by atoms with van der Waals surface area (Å²) >= 11 is 0. The first kappa shape index (κ1) is 11.2. The Kier molecular flexibility index (Phi) is 3.26. The standard InChI is InChI=1S/C11H17N3O2/c1-8-7-16-10(6-15)5-14(8)9-2-3-11(12)13-4-9/h2-4,8,10,15H,5-7H2,1H3,(H2,12,13). The smallest absolute Gasteiger partial charge is 0.123 e. The molecule has 1 aromatic rings. The van der Waals surface area contributed by atoms with Gasteiger partial charge in [0.2, 0.25) is 0 Å². The van der Waals surface area contributed by atoms with Gasteiger partial charge < -0.3 is 20.5 Å². The van der Waals surface area contributed by atoms with Crippen molar-refractivity contribution < 1.29 is 9.84 Å². The number of nitrogens with two attached hydrogens (primary N) is 1. The Hall–Kier alpha value is -1.33. The van der Waals surface area contributed by atoms with E-state index in [0.717, 1.165) is 5.69 Å². The van der Waals surface area contributed by atoms with E-state index >= 15 is 0 Å². The number of aliphatic hydroxyl groups excluding tert-OH is 1. The zero-order valence-corrected chi connectivity index (χ0v) is 9.34. The van der Waals surface area contributed by atoms with Crippen molar-refractivity contribution in [1.29, 1.82) is 0 Å². The van der Waals surface area contributed by atoms with Crippen LogP contribution in [0.4, 0.5) is 11.5 Å². The highest BCUT2D eigenvalue weighted by Crippen LogP contribution is 2.21. The quantitative estimate of drug-likeness (QED) is 0.752. The first-order valence-corrected chi connectivity index (χ1v) is 5.41. The third-order valence-electron chi connectivity index (χ3n) is 2.81. The van der Waals surface area contributed by atoms with Crippen LogP contribution in [0.15, 0.2) is 18.3 Å². The number of aromatic nitrogens is 1. The van der Waals surface area contributed by atoms with Crippen molar-refractivity contribution >= 4 is 11.5 Å². The Morgan fingerprint density at radius 3 is 3.06 bits per heavy atom. The molecule has 3 N–H and O–H groups in total. The van der Waals surface area contributed by atoms with Gasteiger partial charge in [0.1, 0.15) is 5.82 Å². The van der Waals surface area contributed by atoms with Crippen LogP contribution in [0.3, 0.4) is 0 Å². The molecule has 1 saturated heterocycles. The molecule has 0 aromatic carbocycles. The molecule has 0 radical (unpaired) electrons. The molecule has 2 unspecified atom stereocenters. The summed E-state index contributed by atoms with van der Waals surface area (Å²) in [7, 11) is 0. The molecule has 1 aromatic heterocycles. The molecule has 2 rings (SSSR count). The number of morpholine rings is 1. The molecule has 16 heavy (non-hydrogen) atoms. The van der Waals surface area contributed by atoms with Crippen molar-refractivity contribution in [3.05, 3.63) is 18.3 Å². The van der Waals surface area contributed by atoms with Gasteiger partial charge in [-0.15, -0.1) is 0 Å². The Balaban J connectivity index is 2.14. The molecule has 0 saturated carbocycles. The summed E-state index contributed by atoms with van der Waals surface area (Å²) in [5, 5.41) is 9.10. The molecule has 5 nitrogen and oxygen atoms in total. The van der Waals surface area contributed by atoms with Crippen molar-refractivity contribution in [2.24, 2.45) is 0 Å². The number of pyridine rings is 1. The molecule has 0 amide bonds. The van der Waals surface area contributed by atoms with Crippen LogP contribution in [-0.4, -0.2) is 42.0 Å². The number of ether oxygens (including phenoxy) is 1. The van der Waals surface area contributed by atoms with Gasteiger partial charge in [-0.3, -0.25) is 0 Å². The number of hydrogen-bond donors (Lipinski definition) is 2. The predicted molar refractivity (Wildman–Crippen MR) is 62.3 cm³/mol. The van der Waals surface area contributed by atoms with E-state index in [9.17, 15) is 0 Å². The topological polar surface area (TPSA) is 71.6 Å². The van der Waals surface area contributed by atoms with E-state index in [0.29, 0.717) is 19.0 Å².